The zero-order chi connectivity index (χ0) is 17.9. The molecule has 0 saturated carbocycles. The molecule has 4 rings (SSSR count). The van der Waals surface area contributed by atoms with Crippen molar-refractivity contribution in [1.29, 1.82) is 0 Å². The molecule has 0 aliphatic rings. The first-order valence-electron chi connectivity index (χ1n) is 7.97. The predicted molar refractivity (Wildman–Crippen MR) is 99.1 cm³/mol. The van der Waals surface area contributed by atoms with Crippen molar-refractivity contribution in [3.63, 3.8) is 0 Å². The molecule has 26 heavy (non-hydrogen) atoms. The Hall–Kier alpha value is -3.13. The number of nitrogens with zero attached hydrogens (tertiary/aromatic N) is 3. The SMILES string of the molecule is O=[N+]([O-])c1ccc(CCSc2nnc(-c3c[nH]c4ccccc34)o2)cc1. The van der Waals surface area contributed by atoms with Crippen LogP contribution in [0.5, 0.6) is 0 Å². The fourth-order valence-corrected chi connectivity index (χ4v) is 3.41. The minimum atomic E-state index is -0.400. The minimum Gasteiger partial charge on any atom is -0.411 e. The minimum absolute atomic E-state index is 0.0988. The summed E-state index contributed by atoms with van der Waals surface area (Å²) in [7, 11) is 0. The number of rotatable bonds is 6. The van der Waals surface area contributed by atoms with Crippen molar-refractivity contribution in [2.24, 2.45) is 0 Å². The van der Waals surface area contributed by atoms with Crippen LogP contribution in [-0.2, 0) is 6.42 Å². The highest BCUT2D eigenvalue weighted by atomic mass is 32.2. The highest BCUT2D eigenvalue weighted by Gasteiger charge is 2.13. The molecule has 2 aromatic carbocycles. The van der Waals surface area contributed by atoms with Crippen LogP contribution in [0.2, 0.25) is 0 Å². The van der Waals surface area contributed by atoms with Gasteiger partial charge in [-0.1, -0.05) is 42.1 Å². The number of aryl methyl sites for hydroxylation is 1. The molecule has 130 valence electrons. The Bertz CT molecular complexity index is 1060. The molecule has 4 aromatic rings. The quantitative estimate of drug-likeness (QED) is 0.307. The van der Waals surface area contributed by atoms with Crippen LogP contribution in [0, 0.1) is 10.1 Å². The first-order valence-corrected chi connectivity index (χ1v) is 8.95. The van der Waals surface area contributed by atoms with E-state index in [0.717, 1.165) is 34.2 Å². The van der Waals surface area contributed by atoms with Crippen molar-refractivity contribution in [3.8, 4) is 11.5 Å². The van der Waals surface area contributed by atoms with Gasteiger partial charge in [0.15, 0.2) is 0 Å². The lowest BCUT2D eigenvalue weighted by Gasteiger charge is -1.99. The van der Waals surface area contributed by atoms with Crippen molar-refractivity contribution >= 4 is 28.4 Å². The molecule has 2 heterocycles. The van der Waals surface area contributed by atoms with E-state index in [4.69, 9.17) is 4.42 Å². The van der Waals surface area contributed by atoms with E-state index in [1.54, 1.807) is 12.1 Å². The highest BCUT2D eigenvalue weighted by molar-refractivity contribution is 7.99. The summed E-state index contributed by atoms with van der Waals surface area (Å²) in [6.45, 7) is 0. The van der Waals surface area contributed by atoms with Crippen LogP contribution in [0.3, 0.4) is 0 Å². The van der Waals surface area contributed by atoms with Gasteiger partial charge in [0.1, 0.15) is 0 Å². The Morgan fingerprint density at radius 3 is 2.73 bits per heavy atom. The lowest BCUT2D eigenvalue weighted by Crippen LogP contribution is -1.91. The van der Waals surface area contributed by atoms with E-state index in [-0.39, 0.29) is 5.69 Å². The Morgan fingerprint density at radius 2 is 1.92 bits per heavy atom. The van der Waals surface area contributed by atoms with Crippen molar-refractivity contribution < 1.29 is 9.34 Å². The molecular formula is C18H14N4O3S. The number of aromatic amines is 1. The van der Waals surface area contributed by atoms with Crippen LogP contribution < -0.4 is 0 Å². The van der Waals surface area contributed by atoms with Crippen molar-refractivity contribution in [2.75, 3.05) is 5.75 Å². The smallest absolute Gasteiger partial charge is 0.276 e. The Kier molecular flexibility index (Phi) is 4.40. The second-order valence-corrected chi connectivity index (χ2v) is 6.69. The van der Waals surface area contributed by atoms with Gasteiger partial charge in [0.05, 0.1) is 10.5 Å². The number of hydrogen-bond acceptors (Lipinski definition) is 6. The maximum absolute atomic E-state index is 10.7. The fourth-order valence-electron chi connectivity index (χ4n) is 2.67. The van der Waals surface area contributed by atoms with E-state index in [9.17, 15) is 10.1 Å². The number of nitrogens with one attached hydrogen (secondary N) is 1. The molecule has 7 nitrogen and oxygen atoms in total. The van der Waals surface area contributed by atoms with E-state index in [0.29, 0.717) is 11.1 Å². The monoisotopic (exact) mass is 366 g/mol. The summed E-state index contributed by atoms with van der Waals surface area (Å²) in [5.41, 5.74) is 3.03. The Balaban J connectivity index is 1.40. The number of hydrogen-bond donors (Lipinski definition) is 1. The summed E-state index contributed by atoms with van der Waals surface area (Å²) < 4.78 is 5.76. The van der Waals surface area contributed by atoms with Gasteiger partial charge >= 0.3 is 0 Å². The van der Waals surface area contributed by atoms with E-state index in [2.05, 4.69) is 15.2 Å². The molecule has 0 aliphatic heterocycles. The van der Waals surface area contributed by atoms with Crippen LogP contribution in [-0.4, -0.2) is 25.9 Å². The molecule has 1 N–H and O–H groups in total. The van der Waals surface area contributed by atoms with E-state index < -0.39 is 4.92 Å². The van der Waals surface area contributed by atoms with Gasteiger partial charge in [0, 0.05) is 35.0 Å². The zero-order valence-electron chi connectivity index (χ0n) is 13.6. The second kappa shape index (κ2) is 7.01. The van der Waals surface area contributed by atoms with E-state index >= 15 is 0 Å². The number of thioether (sulfide) groups is 1. The van der Waals surface area contributed by atoms with Crippen LogP contribution in [0.25, 0.3) is 22.4 Å². The van der Waals surface area contributed by atoms with Crippen LogP contribution in [0.1, 0.15) is 5.56 Å². The average Bonchev–Trinajstić information content (AvgIpc) is 3.28. The number of H-pyrrole nitrogens is 1. The Labute approximate surface area is 152 Å². The summed E-state index contributed by atoms with van der Waals surface area (Å²) in [5.74, 6) is 1.23. The van der Waals surface area contributed by atoms with Gasteiger partial charge in [-0.3, -0.25) is 10.1 Å². The van der Waals surface area contributed by atoms with Crippen molar-refractivity contribution in [1.82, 2.24) is 15.2 Å². The molecule has 0 bridgehead atoms. The molecule has 2 aromatic heterocycles. The standard InChI is InChI=1S/C18H14N4O3S/c23-22(24)13-7-5-12(6-8-13)9-10-26-18-21-20-17(25-18)15-11-19-16-4-2-1-3-14(15)16/h1-8,11,19H,9-10H2. The van der Waals surface area contributed by atoms with Crippen LogP contribution >= 0.6 is 11.8 Å². The number of nitro groups is 1. The van der Waals surface area contributed by atoms with Gasteiger partial charge < -0.3 is 9.40 Å². The first-order chi connectivity index (χ1) is 12.7. The molecule has 0 fully saturated rings. The third-order valence-electron chi connectivity index (χ3n) is 3.99. The highest BCUT2D eigenvalue weighted by Crippen LogP contribution is 2.29. The third kappa shape index (κ3) is 3.31. The van der Waals surface area contributed by atoms with Crippen molar-refractivity contribution in [3.05, 3.63) is 70.4 Å². The van der Waals surface area contributed by atoms with Gasteiger partial charge in [0.25, 0.3) is 16.8 Å². The van der Waals surface area contributed by atoms with Gasteiger partial charge in [-0.05, 0) is 18.1 Å². The number of fused-ring (bicyclic) bond motifs is 1. The second-order valence-electron chi connectivity index (χ2n) is 5.64. The number of benzene rings is 2. The molecule has 0 amide bonds. The summed E-state index contributed by atoms with van der Waals surface area (Å²) in [4.78, 5) is 13.5. The zero-order valence-corrected chi connectivity index (χ0v) is 14.4. The maximum atomic E-state index is 10.7. The number of nitro benzene ring substituents is 1. The molecule has 0 unspecified atom stereocenters. The predicted octanol–water partition coefficient (Wildman–Crippen LogP) is 4.46. The molecule has 8 heteroatoms. The van der Waals surface area contributed by atoms with E-state index in [1.165, 1.54) is 23.9 Å². The van der Waals surface area contributed by atoms with Crippen LogP contribution in [0.15, 0.2) is 64.4 Å². The molecule has 0 saturated heterocycles. The number of non-ortho nitro benzene ring substituents is 1. The van der Waals surface area contributed by atoms with Crippen molar-refractivity contribution in [2.45, 2.75) is 11.6 Å². The Morgan fingerprint density at radius 1 is 1.12 bits per heavy atom. The van der Waals surface area contributed by atoms with Crippen LogP contribution in [0.4, 0.5) is 5.69 Å². The normalized spacial score (nSPS) is 11.1. The molecule has 0 radical (unpaired) electrons. The average molecular weight is 366 g/mol. The van der Waals surface area contributed by atoms with Gasteiger partial charge in [0.2, 0.25) is 0 Å². The fraction of sp³-hybridized carbons (Fsp3) is 0.111. The topological polar surface area (TPSA) is 97.9 Å². The maximum Gasteiger partial charge on any atom is 0.276 e. The summed E-state index contributed by atoms with van der Waals surface area (Å²) in [6, 6.07) is 14.5. The molecule has 0 atom stereocenters. The summed E-state index contributed by atoms with van der Waals surface area (Å²) in [5, 5.41) is 20.4. The first kappa shape index (κ1) is 16.3. The lowest BCUT2D eigenvalue weighted by atomic mass is 10.1. The largest absolute Gasteiger partial charge is 0.411 e. The van der Waals surface area contributed by atoms with Gasteiger partial charge in [-0.25, -0.2) is 0 Å². The van der Waals surface area contributed by atoms with Gasteiger partial charge in [-0.2, -0.15) is 0 Å². The number of aromatic nitrogens is 3. The summed E-state index contributed by atoms with van der Waals surface area (Å²) in [6.07, 6.45) is 2.62. The molecular weight excluding hydrogens is 352 g/mol. The van der Waals surface area contributed by atoms with Gasteiger partial charge in [-0.15, -0.1) is 10.2 Å². The lowest BCUT2D eigenvalue weighted by molar-refractivity contribution is -0.384. The summed E-state index contributed by atoms with van der Waals surface area (Å²) >= 11 is 1.46. The molecule has 0 aliphatic carbocycles. The number of para-hydroxylation sites is 1. The molecule has 0 spiro atoms. The van der Waals surface area contributed by atoms with E-state index in [1.807, 2.05) is 30.5 Å². The third-order valence-corrected chi connectivity index (χ3v) is 4.81.